The van der Waals surface area contributed by atoms with Crippen molar-refractivity contribution in [1.29, 1.82) is 0 Å². The number of methoxy groups -OCH3 is 1. The summed E-state index contributed by atoms with van der Waals surface area (Å²) >= 11 is 5.78. The largest absolute Gasteiger partial charge is 0.496 e. The SMILES string of the molecule is COc1ccc(F)c(F)c1C(=O)N1CCCN(Cc2ccc(Cl)o2)CC1. The monoisotopic (exact) mass is 384 g/mol. The van der Waals surface area contributed by atoms with Crippen LogP contribution in [-0.4, -0.2) is 49.0 Å². The molecule has 0 radical (unpaired) electrons. The Hall–Kier alpha value is -2.12. The molecule has 2 heterocycles. The van der Waals surface area contributed by atoms with E-state index in [0.717, 1.165) is 18.4 Å². The number of benzene rings is 1. The average Bonchev–Trinajstić information content (AvgIpc) is 2.89. The van der Waals surface area contributed by atoms with Crippen LogP contribution in [0.25, 0.3) is 0 Å². The minimum absolute atomic E-state index is 0.0280. The Labute approximate surface area is 155 Å². The molecular weight excluding hydrogens is 366 g/mol. The highest BCUT2D eigenvalue weighted by molar-refractivity contribution is 6.28. The molecule has 5 nitrogen and oxygen atoms in total. The Morgan fingerprint density at radius 3 is 2.69 bits per heavy atom. The molecule has 3 rings (SSSR count). The third-order valence-corrected chi connectivity index (χ3v) is 4.58. The van der Waals surface area contributed by atoms with E-state index in [9.17, 15) is 13.6 Å². The average molecular weight is 385 g/mol. The Morgan fingerprint density at radius 2 is 2.00 bits per heavy atom. The zero-order valence-corrected chi connectivity index (χ0v) is 15.1. The fraction of sp³-hybridized carbons (Fsp3) is 0.389. The fourth-order valence-electron chi connectivity index (χ4n) is 3.05. The normalized spacial score (nSPS) is 15.8. The number of carbonyl (C=O) groups excluding carboxylic acids is 1. The van der Waals surface area contributed by atoms with Crippen molar-refractivity contribution in [3.8, 4) is 5.75 Å². The van der Waals surface area contributed by atoms with Crippen LogP contribution in [0, 0.1) is 11.6 Å². The summed E-state index contributed by atoms with van der Waals surface area (Å²) in [7, 11) is 1.32. The molecule has 1 aromatic heterocycles. The molecule has 0 aliphatic carbocycles. The van der Waals surface area contributed by atoms with E-state index in [0.29, 0.717) is 37.8 Å². The molecule has 1 aliphatic rings. The summed E-state index contributed by atoms with van der Waals surface area (Å²) in [6, 6.07) is 5.70. The summed E-state index contributed by atoms with van der Waals surface area (Å²) in [6.45, 7) is 2.76. The lowest BCUT2D eigenvalue weighted by atomic mass is 10.1. The van der Waals surface area contributed by atoms with Crippen LogP contribution in [0.5, 0.6) is 5.75 Å². The van der Waals surface area contributed by atoms with Gasteiger partial charge < -0.3 is 14.1 Å². The van der Waals surface area contributed by atoms with Crippen molar-refractivity contribution in [2.45, 2.75) is 13.0 Å². The molecule has 0 saturated carbocycles. The van der Waals surface area contributed by atoms with E-state index in [-0.39, 0.29) is 11.3 Å². The van der Waals surface area contributed by atoms with E-state index in [1.807, 2.05) is 6.07 Å². The van der Waals surface area contributed by atoms with Crippen LogP contribution >= 0.6 is 11.6 Å². The van der Waals surface area contributed by atoms with Crippen molar-refractivity contribution in [2.75, 3.05) is 33.3 Å². The summed E-state index contributed by atoms with van der Waals surface area (Å²) in [5.41, 5.74) is -0.362. The maximum absolute atomic E-state index is 14.2. The van der Waals surface area contributed by atoms with Gasteiger partial charge in [0, 0.05) is 26.2 Å². The lowest BCUT2D eigenvalue weighted by Gasteiger charge is -2.22. The molecule has 1 amide bonds. The van der Waals surface area contributed by atoms with Crippen molar-refractivity contribution in [3.05, 3.63) is 52.4 Å². The number of ether oxygens (including phenoxy) is 1. The fourth-order valence-corrected chi connectivity index (χ4v) is 3.21. The first kappa shape index (κ1) is 18.7. The van der Waals surface area contributed by atoms with E-state index >= 15 is 0 Å². The van der Waals surface area contributed by atoms with Crippen molar-refractivity contribution in [1.82, 2.24) is 9.80 Å². The standard InChI is InChI=1S/C18H19ClF2N2O3/c1-25-14-5-4-13(20)17(21)16(14)18(24)23-8-2-7-22(9-10-23)11-12-3-6-15(19)26-12/h3-6H,2,7-11H2,1H3. The van der Waals surface area contributed by atoms with Crippen LogP contribution in [0.1, 0.15) is 22.5 Å². The maximum Gasteiger partial charge on any atom is 0.260 e. The smallest absolute Gasteiger partial charge is 0.260 e. The molecule has 0 N–H and O–H groups in total. The summed E-state index contributed by atoms with van der Waals surface area (Å²) in [5.74, 6) is -2.05. The molecule has 0 bridgehead atoms. The van der Waals surface area contributed by atoms with E-state index in [4.69, 9.17) is 20.8 Å². The Balaban J connectivity index is 1.71. The first-order chi connectivity index (χ1) is 12.5. The van der Waals surface area contributed by atoms with Gasteiger partial charge in [-0.05, 0) is 42.3 Å². The lowest BCUT2D eigenvalue weighted by Crippen LogP contribution is -2.35. The van der Waals surface area contributed by atoms with Crippen molar-refractivity contribution in [2.24, 2.45) is 0 Å². The van der Waals surface area contributed by atoms with Gasteiger partial charge in [-0.25, -0.2) is 8.78 Å². The Bertz CT molecular complexity index is 797. The number of furan rings is 1. The van der Waals surface area contributed by atoms with Crippen LogP contribution in [0.4, 0.5) is 8.78 Å². The van der Waals surface area contributed by atoms with Crippen LogP contribution in [0.3, 0.4) is 0 Å². The quantitative estimate of drug-likeness (QED) is 0.808. The van der Waals surface area contributed by atoms with E-state index in [1.165, 1.54) is 18.1 Å². The van der Waals surface area contributed by atoms with Gasteiger partial charge in [0.2, 0.25) is 0 Å². The number of hydrogen-bond donors (Lipinski definition) is 0. The number of nitrogens with zero attached hydrogens (tertiary/aromatic N) is 2. The van der Waals surface area contributed by atoms with Gasteiger partial charge in [-0.3, -0.25) is 9.69 Å². The number of hydrogen-bond acceptors (Lipinski definition) is 4. The van der Waals surface area contributed by atoms with Crippen LogP contribution in [0.15, 0.2) is 28.7 Å². The lowest BCUT2D eigenvalue weighted by molar-refractivity contribution is 0.0751. The van der Waals surface area contributed by atoms with E-state index in [2.05, 4.69) is 4.90 Å². The van der Waals surface area contributed by atoms with Crippen LogP contribution < -0.4 is 4.74 Å². The Kier molecular flexibility index (Phi) is 5.78. The molecule has 0 spiro atoms. The first-order valence-corrected chi connectivity index (χ1v) is 8.65. The van der Waals surface area contributed by atoms with Gasteiger partial charge in [0.1, 0.15) is 17.1 Å². The van der Waals surface area contributed by atoms with Crippen molar-refractivity contribution in [3.63, 3.8) is 0 Å². The first-order valence-electron chi connectivity index (χ1n) is 8.27. The zero-order valence-electron chi connectivity index (χ0n) is 14.3. The minimum Gasteiger partial charge on any atom is -0.496 e. The molecule has 1 fully saturated rings. The molecule has 26 heavy (non-hydrogen) atoms. The third kappa shape index (κ3) is 3.99. The molecule has 1 aromatic carbocycles. The van der Waals surface area contributed by atoms with Gasteiger partial charge in [0.05, 0.1) is 13.7 Å². The zero-order chi connectivity index (χ0) is 18.7. The highest BCUT2D eigenvalue weighted by Gasteiger charge is 2.27. The predicted molar refractivity (Wildman–Crippen MR) is 92.4 cm³/mol. The van der Waals surface area contributed by atoms with Crippen LogP contribution in [-0.2, 0) is 6.54 Å². The van der Waals surface area contributed by atoms with E-state index < -0.39 is 17.5 Å². The van der Waals surface area contributed by atoms with Gasteiger partial charge >= 0.3 is 0 Å². The number of rotatable bonds is 4. The second-order valence-electron chi connectivity index (χ2n) is 6.07. The number of halogens is 3. The number of amides is 1. The molecule has 0 atom stereocenters. The van der Waals surface area contributed by atoms with Gasteiger partial charge in [0.15, 0.2) is 16.9 Å². The summed E-state index contributed by atoms with van der Waals surface area (Å²) < 4.78 is 38.2. The summed E-state index contributed by atoms with van der Waals surface area (Å²) in [6.07, 6.45) is 0.708. The highest BCUT2D eigenvalue weighted by atomic mass is 35.5. The molecular formula is C18H19ClF2N2O3. The predicted octanol–water partition coefficient (Wildman–Crippen LogP) is 3.57. The van der Waals surface area contributed by atoms with E-state index in [1.54, 1.807) is 6.07 Å². The maximum atomic E-state index is 14.2. The van der Waals surface area contributed by atoms with Crippen molar-refractivity contribution >= 4 is 17.5 Å². The third-order valence-electron chi connectivity index (χ3n) is 4.37. The van der Waals surface area contributed by atoms with Gasteiger partial charge in [0.25, 0.3) is 5.91 Å². The molecule has 2 aromatic rings. The molecule has 1 saturated heterocycles. The van der Waals surface area contributed by atoms with Crippen molar-refractivity contribution < 1.29 is 22.7 Å². The second-order valence-corrected chi connectivity index (χ2v) is 6.44. The summed E-state index contributed by atoms with van der Waals surface area (Å²) in [4.78, 5) is 16.4. The summed E-state index contributed by atoms with van der Waals surface area (Å²) in [5, 5.41) is 0.334. The number of carbonyl (C=O) groups is 1. The van der Waals surface area contributed by atoms with Gasteiger partial charge in [-0.15, -0.1) is 0 Å². The topological polar surface area (TPSA) is 45.9 Å². The van der Waals surface area contributed by atoms with Gasteiger partial charge in [-0.1, -0.05) is 0 Å². The highest BCUT2D eigenvalue weighted by Crippen LogP contribution is 2.26. The molecule has 0 unspecified atom stereocenters. The molecule has 1 aliphatic heterocycles. The van der Waals surface area contributed by atoms with Crippen LogP contribution in [0.2, 0.25) is 5.22 Å². The minimum atomic E-state index is -1.18. The Morgan fingerprint density at radius 1 is 1.19 bits per heavy atom. The molecule has 8 heteroatoms. The second kappa shape index (κ2) is 8.05. The van der Waals surface area contributed by atoms with Gasteiger partial charge in [-0.2, -0.15) is 0 Å². The molecule has 140 valence electrons.